The summed E-state index contributed by atoms with van der Waals surface area (Å²) in [6.45, 7) is -0.170. The summed E-state index contributed by atoms with van der Waals surface area (Å²) < 4.78 is 17.2. The maximum Gasteiger partial charge on any atom is 0.311 e. The number of methoxy groups -OCH3 is 1. The van der Waals surface area contributed by atoms with Gasteiger partial charge in [0, 0.05) is 28.7 Å². The molecule has 1 saturated heterocycles. The lowest BCUT2D eigenvalue weighted by molar-refractivity contribution is -0.147. The number of esters is 1. The molecule has 0 unspecified atom stereocenters. The fourth-order valence-electron chi connectivity index (χ4n) is 3.61. The lowest BCUT2D eigenvalue weighted by Crippen LogP contribution is -2.27. The van der Waals surface area contributed by atoms with Crippen molar-refractivity contribution >= 4 is 39.3 Å². The lowest BCUT2D eigenvalue weighted by atomic mass is 10.1. The molecule has 1 aliphatic heterocycles. The van der Waals surface area contributed by atoms with Crippen LogP contribution in [0.1, 0.15) is 16.8 Å². The first kappa shape index (κ1) is 23.5. The Labute approximate surface area is 205 Å². The molecule has 1 aliphatic rings. The Morgan fingerprint density at radius 3 is 2.32 bits per heavy atom. The summed E-state index contributed by atoms with van der Waals surface area (Å²) in [5.41, 5.74) is 1.11. The number of halogens is 1. The van der Waals surface area contributed by atoms with Gasteiger partial charge in [-0.15, -0.1) is 0 Å². The summed E-state index contributed by atoms with van der Waals surface area (Å²) in [6, 6.07) is 21.1. The van der Waals surface area contributed by atoms with Gasteiger partial charge in [-0.2, -0.15) is 0 Å². The van der Waals surface area contributed by atoms with Crippen molar-refractivity contribution in [2.75, 3.05) is 25.2 Å². The molecule has 4 rings (SSSR count). The molecule has 0 spiro atoms. The molecule has 3 aromatic carbocycles. The van der Waals surface area contributed by atoms with Crippen LogP contribution in [0.4, 0.5) is 5.69 Å². The van der Waals surface area contributed by atoms with Gasteiger partial charge in [0.1, 0.15) is 5.75 Å². The Hall–Kier alpha value is -3.65. The molecule has 7 nitrogen and oxygen atoms in total. The Morgan fingerprint density at radius 2 is 1.65 bits per heavy atom. The van der Waals surface area contributed by atoms with Gasteiger partial charge in [-0.3, -0.25) is 14.4 Å². The molecule has 0 bridgehead atoms. The molecule has 1 fully saturated rings. The average Bonchev–Trinajstić information content (AvgIpc) is 3.25. The Balaban J connectivity index is 1.34. The zero-order chi connectivity index (χ0) is 24.1. The van der Waals surface area contributed by atoms with Crippen molar-refractivity contribution < 1.29 is 28.6 Å². The summed E-state index contributed by atoms with van der Waals surface area (Å²) in [5, 5.41) is 0. The number of Topliss-reactive ketones (excluding diaryl/α,β-unsaturated/α-hetero) is 1. The smallest absolute Gasteiger partial charge is 0.311 e. The quantitative estimate of drug-likeness (QED) is 0.304. The molecule has 0 aromatic heterocycles. The molecule has 0 radical (unpaired) electrons. The largest absolute Gasteiger partial charge is 0.493 e. The van der Waals surface area contributed by atoms with E-state index < -0.39 is 11.9 Å². The van der Waals surface area contributed by atoms with Crippen molar-refractivity contribution in [3.8, 4) is 17.2 Å². The fraction of sp³-hybridized carbons (Fsp3) is 0.192. The number of rotatable bonds is 8. The second kappa shape index (κ2) is 10.5. The predicted octanol–water partition coefficient (Wildman–Crippen LogP) is 5.03. The molecular formula is C26H22BrNO6. The summed E-state index contributed by atoms with van der Waals surface area (Å²) in [4.78, 5) is 38.8. The van der Waals surface area contributed by atoms with E-state index in [2.05, 4.69) is 15.9 Å². The minimum atomic E-state index is -0.630. The van der Waals surface area contributed by atoms with Gasteiger partial charge >= 0.3 is 5.97 Å². The van der Waals surface area contributed by atoms with E-state index >= 15 is 0 Å². The van der Waals surface area contributed by atoms with Crippen LogP contribution in [0.15, 0.2) is 77.3 Å². The third kappa shape index (κ3) is 5.46. The summed E-state index contributed by atoms with van der Waals surface area (Å²) in [6.07, 6.45) is 0.0325. The second-order valence-electron chi connectivity index (χ2n) is 7.69. The molecule has 0 N–H and O–H groups in total. The number of ether oxygens (including phenoxy) is 3. The van der Waals surface area contributed by atoms with Crippen LogP contribution in [0, 0.1) is 5.92 Å². The number of amides is 1. The van der Waals surface area contributed by atoms with Crippen molar-refractivity contribution in [3.63, 3.8) is 0 Å². The van der Waals surface area contributed by atoms with Gasteiger partial charge in [0.05, 0.1) is 13.0 Å². The van der Waals surface area contributed by atoms with E-state index in [1.807, 2.05) is 12.1 Å². The Bertz CT molecular complexity index is 1190. The second-order valence-corrected chi connectivity index (χ2v) is 8.61. The number of hydrogen-bond acceptors (Lipinski definition) is 6. The molecule has 1 heterocycles. The molecular weight excluding hydrogens is 502 g/mol. The summed E-state index contributed by atoms with van der Waals surface area (Å²) in [7, 11) is 1.57. The highest BCUT2D eigenvalue weighted by Crippen LogP contribution is 2.33. The first-order valence-electron chi connectivity index (χ1n) is 10.6. The van der Waals surface area contributed by atoms with E-state index in [4.69, 9.17) is 14.2 Å². The van der Waals surface area contributed by atoms with E-state index in [9.17, 15) is 14.4 Å². The number of benzene rings is 3. The van der Waals surface area contributed by atoms with Gasteiger partial charge in [0.25, 0.3) is 0 Å². The van der Waals surface area contributed by atoms with Crippen LogP contribution in [0.2, 0.25) is 0 Å². The SMILES string of the molecule is COc1ccccc1Oc1ccc(N2C[C@H](C(=O)OCC(=O)c3ccc(Br)cc3)CC2=O)cc1. The zero-order valence-electron chi connectivity index (χ0n) is 18.4. The number of carbonyl (C=O) groups excluding carboxylic acids is 3. The van der Waals surface area contributed by atoms with Gasteiger partial charge in [-0.1, -0.05) is 40.2 Å². The van der Waals surface area contributed by atoms with Gasteiger partial charge in [-0.25, -0.2) is 0 Å². The van der Waals surface area contributed by atoms with Gasteiger partial charge in [0.2, 0.25) is 5.91 Å². The highest BCUT2D eigenvalue weighted by atomic mass is 79.9. The molecule has 34 heavy (non-hydrogen) atoms. The minimum Gasteiger partial charge on any atom is -0.493 e. The minimum absolute atomic E-state index is 0.0325. The van der Waals surface area contributed by atoms with E-state index in [1.165, 1.54) is 4.90 Å². The van der Waals surface area contributed by atoms with Crippen LogP contribution in [0.25, 0.3) is 0 Å². The first-order valence-corrected chi connectivity index (χ1v) is 11.4. The Kier molecular flexibility index (Phi) is 7.27. The number of nitrogens with zero attached hydrogens (tertiary/aromatic N) is 1. The monoisotopic (exact) mass is 523 g/mol. The molecule has 8 heteroatoms. The Morgan fingerprint density at radius 1 is 0.971 bits per heavy atom. The highest BCUT2D eigenvalue weighted by Gasteiger charge is 2.36. The molecule has 1 amide bonds. The zero-order valence-corrected chi connectivity index (χ0v) is 20.0. The van der Waals surface area contributed by atoms with E-state index in [-0.39, 0.29) is 31.3 Å². The number of carbonyl (C=O) groups is 3. The van der Waals surface area contributed by atoms with Crippen molar-refractivity contribution in [2.24, 2.45) is 5.92 Å². The lowest BCUT2D eigenvalue weighted by Gasteiger charge is -2.17. The predicted molar refractivity (Wildman–Crippen MR) is 129 cm³/mol. The molecule has 0 aliphatic carbocycles. The first-order chi connectivity index (χ1) is 16.4. The number of hydrogen-bond donors (Lipinski definition) is 0. The average molecular weight is 524 g/mol. The molecule has 0 saturated carbocycles. The van der Waals surface area contributed by atoms with Crippen LogP contribution in [-0.2, 0) is 14.3 Å². The highest BCUT2D eigenvalue weighted by molar-refractivity contribution is 9.10. The van der Waals surface area contributed by atoms with Crippen LogP contribution in [0.3, 0.4) is 0 Å². The van der Waals surface area contributed by atoms with Crippen molar-refractivity contribution in [1.82, 2.24) is 0 Å². The van der Waals surface area contributed by atoms with Crippen LogP contribution in [0.5, 0.6) is 17.2 Å². The third-order valence-corrected chi connectivity index (χ3v) is 5.94. The van der Waals surface area contributed by atoms with E-state index in [0.717, 1.165) is 4.47 Å². The van der Waals surface area contributed by atoms with Crippen LogP contribution in [-0.4, -0.2) is 37.9 Å². The number of anilines is 1. The summed E-state index contributed by atoms with van der Waals surface area (Å²) in [5.74, 6) is 0.110. The van der Waals surface area contributed by atoms with Gasteiger partial charge in [-0.05, 0) is 48.5 Å². The van der Waals surface area contributed by atoms with Crippen molar-refractivity contribution in [1.29, 1.82) is 0 Å². The fourth-order valence-corrected chi connectivity index (χ4v) is 3.88. The van der Waals surface area contributed by atoms with E-state index in [1.54, 1.807) is 67.8 Å². The third-order valence-electron chi connectivity index (χ3n) is 5.42. The van der Waals surface area contributed by atoms with Gasteiger partial charge in [0.15, 0.2) is 23.9 Å². The molecule has 3 aromatic rings. The maximum atomic E-state index is 12.5. The number of ketones is 1. The van der Waals surface area contributed by atoms with Crippen LogP contribution >= 0.6 is 15.9 Å². The topological polar surface area (TPSA) is 82.1 Å². The van der Waals surface area contributed by atoms with E-state index in [0.29, 0.717) is 28.5 Å². The van der Waals surface area contributed by atoms with Gasteiger partial charge < -0.3 is 19.1 Å². The van der Waals surface area contributed by atoms with Crippen molar-refractivity contribution in [2.45, 2.75) is 6.42 Å². The standard InChI is InChI=1S/C26H22BrNO6/c1-32-23-4-2-3-5-24(23)34-21-12-10-20(11-13-21)28-15-18(14-25(28)30)26(31)33-16-22(29)17-6-8-19(27)9-7-17/h2-13,18H,14-16H2,1H3/t18-/m1/s1. The molecule has 1 atom stereocenters. The maximum absolute atomic E-state index is 12.5. The van der Waals surface area contributed by atoms with Crippen molar-refractivity contribution in [3.05, 3.63) is 82.8 Å². The normalized spacial score (nSPS) is 15.2. The molecule has 174 valence electrons. The summed E-state index contributed by atoms with van der Waals surface area (Å²) >= 11 is 3.31. The number of para-hydroxylation sites is 2. The van der Waals surface area contributed by atoms with Crippen LogP contribution < -0.4 is 14.4 Å².